The Balaban J connectivity index is 1.72. The predicted octanol–water partition coefficient (Wildman–Crippen LogP) is 4.45. The topological polar surface area (TPSA) is 56.0 Å². The van der Waals surface area contributed by atoms with Crippen LogP contribution in [0.5, 0.6) is 0 Å². The van der Waals surface area contributed by atoms with Crippen molar-refractivity contribution in [1.82, 2.24) is 24.2 Å². The van der Waals surface area contributed by atoms with Crippen molar-refractivity contribution >= 4 is 5.91 Å². The molecule has 0 aliphatic heterocycles. The molecule has 4 aromatic rings. The van der Waals surface area contributed by atoms with Gasteiger partial charge in [0.05, 0.1) is 12.2 Å². The number of carbonyl (C=O) groups excluding carboxylic acids is 1. The van der Waals surface area contributed by atoms with Crippen LogP contribution in [0.1, 0.15) is 34.5 Å². The Bertz CT molecular complexity index is 1180. The van der Waals surface area contributed by atoms with E-state index in [1.54, 1.807) is 10.9 Å². The maximum absolute atomic E-state index is 13.7. The van der Waals surface area contributed by atoms with Gasteiger partial charge in [-0.25, -0.2) is 4.98 Å². The van der Waals surface area contributed by atoms with Crippen LogP contribution in [0.4, 0.5) is 0 Å². The van der Waals surface area contributed by atoms with Crippen LogP contribution in [0, 0.1) is 6.92 Å². The van der Waals surface area contributed by atoms with Gasteiger partial charge in [0.2, 0.25) is 0 Å². The van der Waals surface area contributed by atoms with Crippen LogP contribution in [-0.2, 0) is 26.7 Å². The van der Waals surface area contributed by atoms with Crippen molar-refractivity contribution in [3.05, 3.63) is 95.8 Å². The van der Waals surface area contributed by atoms with Gasteiger partial charge in [0, 0.05) is 32.5 Å². The van der Waals surface area contributed by atoms with Crippen molar-refractivity contribution in [1.29, 1.82) is 0 Å². The minimum Gasteiger partial charge on any atom is -0.337 e. The summed E-state index contributed by atoms with van der Waals surface area (Å²) in [5.41, 5.74) is 4.80. The smallest absolute Gasteiger partial charge is 0.272 e. The van der Waals surface area contributed by atoms with E-state index >= 15 is 0 Å². The van der Waals surface area contributed by atoms with Gasteiger partial charge in [0.25, 0.3) is 5.91 Å². The van der Waals surface area contributed by atoms with Crippen molar-refractivity contribution in [2.24, 2.45) is 7.05 Å². The normalized spacial score (nSPS) is 10.9. The second kappa shape index (κ2) is 9.00. The van der Waals surface area contributed by atoms with Gasteiger partial charge in [-0.3, -0.25) is 9.48 Å². The number of benzene rings is 2. The zero-order valence-corrected chi connectivity index (χ0v) is 18.2. The van der Waals surface area contributed by atoms with Crippen molar-refractivity contribution in [2.45, 2.75) is 33.5 Å². The van der Waals surface area contributed by atoms with Crippen LogP contribution >= 0.6 is 0 Å². The second-order valence-corrected chi connectivity index (χ2v) is 7.63. The van der Waals surface area contributed by atoms with E-state index < -0.39 is 0 Å². The third-order valence-corrected chi connectivity index (χ3v) is 5.42. The van der Waals surface area contributed by atoms with E-state index in [2.05, 4.69) is 34.3 Å². The Morgan fingerprint density at radius 2 is 1.77 bits per heavy atom. The van der Waals surface area contributed by atoms with E-state index in [1.165, 1.54) is 0 Å². The van der Waals surface area contributed by atoms with Crippen LogP contribution in [0.15, 0.2) is 73.1 Å². The molecule has 0 saturated heterocycles. The van der Waals surface area contributed by atoms with Crippen LogP contribution in [0.25, 0.3) is 11.1 Å². The highest BCUT2D eigenvalue weighted by atomic mass is 16.2. The van der Waals surface area contributed by atoms with E-state index in [1.807, 2.05) is 73.0 Å². The summed E-state index contributed by atoms with van der Waals surface area (Å²) in [6, 6.07) is 20.4. The lowest BCUT2D eigenvalue weighted by Gasteiger charge is -2.24. The third kappa shape index (κ3) is 4.43. The Morgan fingerprint density at radius 1 is 1.03 bits per heavy atom. The van der Waals surface area contributed by atoms with Crippen molar-refractivity contribution in [3.63, 3.8) is 0 Å². The Kier molecular flexibility index (Phi) is 5.98. The van der Waals surface area contributed by atoms with E-state index in [0.29, 0.717) is 25.3 Å². The average Bonchev–Trinajstić information content (AvgIpc) is 3.38. The third-order valence-electron chi connectivity index (χ3n) is 5.42. The molecule has 2 aromatic carbocycles. The molecule has 0 atom stereocenters. The highest BCUT2D eigenvalue weighted by Crippen LogP contribution is 2.25. The van der Waals surface area contributed by atoms with E-state index in [4.69, 9.17) is 0 Å². The molecule has 1 amide bonds. The number of aromatic nitrogens is 4. The molecule has 4 rings (SSSR count). The fourth-order valence-corrected chi connectivity index (χ4v) is 3.80. The fraction of sp³-hybridized carbons (Fsp3) is 0.240. The standard InChI is InChI=1S/C25H27N5O/c1-4-30-23(16-19(2)27-30)25(31)29(18-24-26-14-15-28(24)3)17-21-12-8-9-13-22(21)20-10-6-5-7-11-20/h5-16H,4,17-18H2,1-3H3. The lowest BCUT2D eigenvalue weighted by atomic mass is 9.99. The molecule has 0 radical (unpaired) electrons. The van der Waals surface area contributed by atoms with Gasteiger partial charge in [-0.15, -0.1) is 0 Å². The molecule has 158 valence electrons. The number of aryl methyl sites for hydroxylation is 3. The zero-order valence-electron chi connectivity index (χ0n) is 18.2. The van der Waals surface area contributed by atoms with E-state index in [0.717, 1.165) is 28.2 Å². The summed E-state index contributed by atoms with van der Waals surface area (Å²) in [6.07, 6.45) is 3.66. The summed E-state index contributed by atoms with van der Waals surface area (Å²) < 4.78 is 3.72. The molecule has 0 bridgehead atoms. The fourth-order valence-electron chi connectivity index (χ4n) is 3.80. The molecule has 2 heterocycles. The summed E-state index contributed by atoms with van der Waals surface area (Å²) in [7, 11) is 1.95. The number of amides is 1. The maximum atomic E-state index is 13.7. The van der Waals surface area contributed by atoms with Gasteiger partial charge in [0.15, 0.2) is 0 Å². The first-order chi connectivity index (χ1) is 15.1. The van der Waals surface area contributed by atoms with Crippen LogP contribution in [0.3, 0.4) is 0 Å². The zero-order chi connectivity index (χ0) is 21.8. The molecule has 0 aliphatic carbocycles. The van der Waals surface area contributed by atoms with Gasteiger partial charge >= 0.3 is 0 Å². The highest BCUT2D eigenvalue weighted by molar-refractivity contribution is 5.92. The highest BCUT2D eigenvalue weighted by Gasteiger charge is 2.23. The molecule has 6 heteroatoms. The molecule has 0 aliphatic rings. The van der Waals surface area contributed by atoms with Crippen molar-refractivity contribution in [3.8, 4) is 11.1 Å². The molecular weight excluding hydrogens is 386 g/mol. The number of hydrogen-bond donors (Lipinski definition) is 0. The molecular formula is C25H27N5O. The lowest BCUT2D eigenvalue weighted by molar-refractivity contribution is 0.0711. The molecule has 0 unspecified atom stereocenters. The van der Waals surface area contributed by atoms with Gasteiger partial charge in [0.1, 0.15) is 11.5 Å². The van der Waals surface area contributed by atoms with Crippen LogP contribution < -0.4 is 0 Å². The number of rotatable bonds is 7. The molecule has 0 spiro atoms. The summed E-state index contributed by atoms with van der Waals surface area (Å²) in [6.45, 7) is 5.45. The summed E-state index contributed by atoms with van der Waals surface area (Å²) in [4.78, 5) is 20.0. The molecule has 2 aromatic heterocycles. The number of hydrogen-bond acceptors (Lipinski definition) is 3. The second-order valence-electron chi connectivity index (χ2n) is 7.63. The van der Waals surface area contributed by atoms with E-state index in [-0.39, 0.29) is 5.91 Å². The van der Waals surface area contributed by atoms with Crippen molar-refractivity contribution in [2.75, 3.05) is 0 Å². The molecule has 0 saturated carbocycles. The Hall–Kier alpha value is -3.67. The van der Waals surface area contributed by atoms with Gasteiger partial charge < -0.3 is 9.47 Å². The van der Waals surface area contributed by atoms with Crippen LogP contribution in [0.2, 0.25) is 0 Å². The first-order valence-corrected chi connectivity index (χ1v) is 10.5. The number of nitrogens with zero attached hydrogens (tertiary/aromatic N) is 5. The van der Waals surface area contributed by atoms with Crippen molar-refractivity contribution < 1.29 is 4.79 Å². The van der Waals surface area contributed by atoms with Gasteiger partial charge in [-0.2, -0.15) is 5.10 Å². The first-order valence-electron chi connectivity index (χ1n) is 10.5. The minimum atomic E-state index is -0.0479. The average molecular weight is 414 g/mol. The van der Waals surface area contributed by atoms with Gasteiger partial charge in [-0.1, -0.05) is 54.6 Å². The summed E-state index contributed by atoms with van der Waals surface area (Å²) >= 11 is 0. The monoisotopic (exact) mass is 413 g/mol. The molecule has 31 heavy (non-hydrogen) atoms. The quantitative estimate of drug-likeness (QED) is 0.450. The maximum Gasteiger partial charge on any atom is 0.272 e. The SMILES string of the molecule is CCn1nc(C)cc1C(=O)N(Cc1ccccc1-c1ccccc1)Cc1nccn1C. The minimum absolute atomic E-state index is 0.0479. The number of carbonyl (C=O) groups is 1. The Labute approximate surface area is 182 Å². The van der Waals surface area contributed by atoms with E-state index in [9.17, 15) is 4.79 Å². The Morgan fingerprint density at radius 3 is 2.48 bits per heavy atom. The number of imidazole rings is 1. The largest absolute Gasteiger partial charge is 0.337 e. The first kappa shape index (κ1) is 20.6. The molecule has 0 N–H and O–H groups in total. The summed E-state index contributed by atoms with van der Waals surface area (Å²) in [5.74, 6) is 0.790. The van der Waals surface area contributed by atoms with Gasteiger partial charge in [-0.05, 0) is 36.6 Å². The lowest BCUT2D eigenvalue weighted by Crippen LogP contribution is -2.33. The van der Waals surface area contributed by atoms with Crippen LogP contribution in [-0.4, -0.2) is 30.1 Å². The molecule has 6 nitrogen and oxygen atoms in total. The molecule has 0 fully saturated rings. The summed E-state index contributed by atoms with van der Waals surface area (Å²) in [5, 5.41) is 4.47. The predicted molar refractivity (Wildman–Crippen MR) is 121 cm³/mol.